The summed E-state index contributed by atoms with van der Waals surface area (Å²) in [4.78, 5) is 30.1. The van der Waals surface area contributed by atoms with Gasteiger partial charge in [-0.05, 0) is 30.0 Å². The van der Waals surface area contributed by atoms with E-state index in [1.807, 2.05) is 0 Å². The zero-order valence-electron chi connectivity index (χ0n) is 16.0. The second kappa shape index (κ2) is 7.38. The van der Waals surface area contributed by atoms with Gasteiger partial charge in [-0.2, -0.15) is 4.98 Å². The van der Waals surface area contributed by atoms with Crippen molar-refractivity contribution < 1.29 is 4.39 Å². The highest BCUT2D eigenvalue weighted by Crippen LogP contribution is 2.14. The van der Waals surface area contributed by atoms with Gasteiger partial charge in [-0.3, -0.25) is 13.9 Å². The number of fused-ring (bicyclic) bond motifs is 1. The molecule has 0 amide bonds. The van der Waals surface area contributed by atoms with E-state index in [-0.39, 0.29) is 12.4 Å². The average Bonchev–Trinajstić information content (AvgIpc) is 2.95. The molecule has 7 nitrogen and oxygen atoms in total. The molecule has 0 aliphatic carbocycles. The Bertz CT molecular complexity index is 1080. The highest BCUT2D eigenvalue weighted by Gasteiger charge is 2.18. The summed E-state index contributed by atoms with van der Waals surface area (Å²) < 4.78 is 17.3. The molecule has 3 rings (SSSR count). The van der Waals surface area contributed by atoms with Crippen molar-refractivity contribution in [3.8, 4) is 0 Å². The molecule has 0 aliphatic heterocycles. The molecule has 0 radical (unpaired) electrons. The predicted molar refractivity (Wildman–Crippen MR) is 104 cm³/mol. The molecule has 2 heterocycles. The standard InChI is InChI=1S/C19H24FN5O2/c1-12(2)9-10-21-18-22-16-15(23(18)3)17(26)25(19(27)24(16)4)11-13-5-7-14(20)8-6-13/h5-8,12H,9-11H2,1-4H3,(H,21,22). The van der Waals surface area contributed by atoms with Crippen LogP contribution in [0, 0.1) is 11.7 Å². The number of hydrogen-bond donors (Lipinski definition) is 1. The highest BCUT2D eigenvalue weighted by molar-refractivity contribution is 5.74. The third-order valence-corrected chi connectivity index (χ3v) is 4.62. The van der Waals surface area contributed by atoms with Crippen LogP contribution in [0.15, 0.2) is 33.9 Å². The summed E-state index contributed by atoms with van der Waals surface area (Å²) in [7, 11) is 3.34. The van der Waals surface area contributed by atoms with Crippen LogP contribution in [0.3, 0.4) is 0 Å². The first-order chi connectivity index (χ1) is 12.8. The van der Waals surface area contributed by atoms with E-state index < -0.39 is 11.2 Å². The summed E-state index contributed by atoms with van der Waals surface area (Å²) >= 11 is 0. The van der Waals surface area contributed by atoms with Crippen molar-refractivity contribution in [3.05, 3.63) is 56.5 Å². The maximum Gasteiger partial charge on any atom is 0.332 e. The number of hydrogen-bond acceptors (Lipinski definition) is 4. The Balaban J connectivity index is 2.06. The van der Waals surface area contributed by atoms with Crippen LogP contribution in [0.1, 0.15) is 25.8 Å². The molecule has 0 spiro atoms. The van der Waals surface area contributed by atoms with E-state index in [1.165, 1.54) is 16.7 Å². The molecule has 0 saturated carbocycles. The molecule has 8 heteroatoms. The molecule has 3 aromatic rings. The molecule has 0 unspecified atom stereocenters. The normalized spacial score (nSPS) is 11.5. The second-order valence-corrected chi connectivity index (χ2v) is 7.14. The zero-order chi connectivity index (χ0) is 19.7. The van der Waals surface area contributed by atoms with Crippen LogP contribution < -0.4 is 16.6 Å². The Morgan fingerprint density at radius 1 is 1.11 bits per heavy atom. The fourth-order valence-corrected chi connectivity index (χ4v) is 2.99. The first kappa shape index (κ1) is 18.9. The van der Waals surface area contributed by atoms with Crippen LogP contribution in [0.5, 0.6) is 0 Å². The van der Waals surface area contributed by atoms with Crippen molar-refractivity contribution in [1.82, 2.24) is 18.7 Å². The zero-order valence-corrected chi connectivity index (χ0v) is 16.0. The lowest BCUT2D eigenvalue weighted by atomic mass is 10.1. The number of nitrogens with one attached hydrogen (secondary N) is 1. The summed E-state index contributed by atoms with van der Waals surface area (Å²) in [5.74, 6) is 0.736. The van der Waals surface area contributed by atoms with Crippen LogP contribution >= 0.6 is 0 Å². The summed E-state index contributed by atoms with van der Waals surface area (Å²) in [6, 6.07) is 5.75. The Kier molecular flexibility index (Phi) is 5.16. The molecule has 27 heavy (non-hydrogen) atoms. The minimum absolute atomic E-state index is 0.0724. The smallest absolute Gasteiger partial charge is 0.332 e. The van der Waals surface area contributed by atoms with Gasteiger partial charge in [0, 0.05) is 20.6 Å². The van der Waals surface area contributed by atoms with E-state index in [4.69, 9.17) is 0 Å². The molecule has 0 saturated heterocycles. The summed E-state index contributed by atoms with van der Waals surface area (Å²) in [6.07, 6.45) is 0.969. The average molecular weight is 373 g/mol. The van der Waals surface area contributed by atoms with Crippen molar-refractivity contribution in [2.24, 2.45) is 20.0 Å². The SMILES string of the molecule is CC(C)CCNc1nc2c(c(=O)n(Cc3ccc(F)cc3)c(=O)n2C)n1C. The van der Waals surface area contributed by atoms with Gasteiger partial charge in [-0.1, -0.05) is 26.0 Å². The summed E-state index contributed by atoms with van der Waals surface area (Å²) in [5, 5.41) is 3.23. The third-order valence-electron chi connectivity index (χ3n) is 4.62. The van der Waals surface area contributed by atoms with Crippen LogP contribution in [0.4, 0.5) is 10.3 Å². The predicted octanol–water partition coefficient (Wildman–Crippen LogP) is 2.08. The molecule has 1 N–H and O–H groups in total. The molecule has 1 aromatic carbocycles. The van der Waals surface area contributed by atoms with Gasteiger partial charge in [-0.15, -0.1) is 0 Å². The number of aromatic nitrogens is 4. The fraction of sp³-hybridized carbons (Fsp3) is 0.421. The van der Waals surface area contributed by atoms with Crippen molar-refractivity contribution in [1.29, 1.82) is 0 Å². The van der Waals surface area contributed by atoms with Crippen molar-refractivity contribution in [3.63, 3.8) is 0 Å². The quantitative estimate of drug-likeness (QED) is 0.718. The lowest BCUT2D eigenvalue weighted by Crippen LogP contribution is -2.39. The molecular formula is C19H24FN5O2. The van der Waals surface area contributed by atoms with Gasteiger partial charge in [-0.25, -0.2) is 9.18 Å². The van der Waals surface area contributed by atoms with E-state index in [0.717, 1.165) is 17.5 Å². The number of benzene rings is 1. The van der Waals surface area contributed by atoms with Gasteiger partial charge >= 0.3 is 5.69 Å². The van der Waals surface area contributed by atoms with Gasteiger partial charge in [0.25, 0.3) is 5.56 Å². The van der Waals surface area contributed by atoms with E-state index in [0.29, 0.717) is 28.6 Å². The van der Waals surface area contributed by atoms with Crippen molar-refractivity contribution >= 4 is 17.1 Å². The lowest BCUT2D eigenvalue weighted by Gasteiger charge is -2.09. The van der Waals surface area contributed by atoms with Crippen LogP contribution in [-0.2, 0) is 20.6 Å². The highest BCUT2D eigenvalue weighted by atomic mass is 19.1. The lowest BCUT2D eigenvalue weighted by molar-refractivity contribution is 0.605. The molecular weight excluding hydrogens is 349 g/mol. The number of halogens is 1. The van der Waals surface area contributed by atoms with Crippen molar-refractivity contribution in [2.45, 2.75) is 26.8 Å². The maximum absolute atomic E-state index is 13.1. The number of nitrogens with zero attached hydrogens (tertiary/aromatic N) is 4. The molecule has 2 aromatic heterocycles. The second-order valence-electron chi connectivity index (χ2n) is 7.14. The molecule has 0 aliphatic rings. The van der Waals surface area contributed by atoms with Gasteiger partial charge in [0.05, 0.1) is 6.54 Å². The van der Waals surface area contributed by atoms with Crippen LogP contribution in [-0.4, -0.2) is 25.2 Å². The van der Waals surface area contributed by atoms with Gasteiger partial charge in [0.15, 0.2) is 11.2 Å². The monoisotopic (exact) mass is 373 g/mol. The van der Waals surface area contributed by atoms with E-state index >= 15 is 0 Å². The van der Waals surface area contributed by atoms with E-state index in [1.54, 1.807) is 30.8 Å². The first-order valence-corrected chi connectivity index (χ1v) is 8.94. The minimum Gasteiger partial charge on any atom is -0.356 e. The third kappa shape index (κ3) is 3.65. The maximum atomic E-state index is 13.1. The number of rotatable bonds is 6. The Morgan fingerprint density at radius 2 is 1.78 bits per heavy atom. The fourth-order valence-electron chi connectivity index (χ4n) is 2.99. The summed E-state index contributed by atoms with van der Waals surface area (Å²) in [6.45, 7) is 5.07. The first-order valence-electron chi connectivity index (χ1n) is 8.94. The number of aryl methyl sites for hydroxylation is 2. The molecule has 144 valence electrons. The van der Waals surface area contributed by atoms with Crippen molar-refractivity contribution in [2.75, 3.05) is 11.9 Å². The topological polar surface area (TPSA) is 73.8 Å². The Labute approximate surface area is 156 Å². The molecule has 0 bridgehead atoms. The van der Waals surface area contributed by atoms with E-state index in [2.05, 4.69) is 24.1 Å². The Morgan fingerprint density at radius 3 is 2.41 bits per heavy atom. The van der Waals surface area contributed by atoms with Gasteiger partial charge in [0.2, 0.25) is 5.95 Å². The minimum atomic E-state index is -0.455. The Hall–Kier alpha value is -2.90. The number of anilines is 1. The molecule has 0 fully saturated rings. The van der Waals surface area contributed by atoms with Gasteiger partial charge in [0.1, 0.15) is 5.82 Å². The van der Waals surface area contributed by atoms with Crippen LogP contribution in [0.25, 0.3) is 11.2 Å². The largest absolute Gasteiger partial charge is 0.356 e. The molecule has 0 atom stereocenters. The number of imidazole rings is 1. The summed E-state index contributed by atoms with van der Waals surface area (Å²) in [5.41, 5.74) is 0.501. The van der Waals surface area contributed by atoms with E-state index in [9.17, 15) is 14.0 Å². The van der Waals surface area contributed by atoms with Gasteiger partial charge < -0.3 is 9.88 Å². The van der Waals surface area contributed by atoms with Crippen LogP contribution in [0.2, 0.25) is 0 Å².